The standard InChI is InChI=1S/C18H28O4/c1-3-5-7-12-21-17(18(20)22-11-6-4-2)14-15-9-8-10-16(19)13-15/h8-10,13,17,19H,3-7,11-12,14H2,1-2H3. The molecule has 1 N–H and O–H groups in total. The summed E-state index contributed by atoms with van der Waals surface area (Å²) in [4.78, 5) is 12.2. The lowest BCUT2D eigenvalue weighted by molar-refractivity contribution is -0.157. The van der Waals surface area contributed by atoms with Crippen molar-refractivity contribution in [3.05, 3.63) is 29.8 Å². The van der Waals surface area contributed by atoms with Crippen LogP contribution in [0.15, 0.2) is 24.3 Å². The van der Waals surface area contributed by atoms with Crippen molar-refractivity contribution in [3.63, 3.8) is 0 Å². The predicted octanol–water partition coefficient (Wildman–Crippen LogP) is 3.85. The van der Waals surface area contributed by atoms with Crippen LogP contribution >= 0.6 is 0 Å². The summed E-state index contributed by atoms with van der Waals surface area (Å²) in [6.07, 6.45) is 4.81. The van der Waals surface area contributed by atoms with Crippen LogP contribution in [0.3, 0.4) is 0 Å². The summed E-state index contributed by atoms with van der Waals surface area (Å²) in [6, 6.07) is 6.91. The second kappa shape index (κ2) is 11.1. The molecule has 4 heteroatoms. The van der Waals surface area contributed by atoms with E-state index in [0.29, 0.717) is 19.6 Å². The Morgan fingerprint density at radius 2 is 1.91 bits per heavy atom. The van der Waals surface area contributed by atoms with Crippen LogP contribution in [0.2, 0.25) is 0 Å². The molecule has 0 fully saturated rings. The van der Waals surface area contributed by atoms with Crippen molar-refractivity contribution in [2.45, 2.75) is 58.5 Å². The van der Waals surface area contributed by atoms with E-state index >= 15 is 0 Å². The van der Waals surface area contributed by atoms with Gasteiger partial charge in [0.05, 0.1) is 6.61 Å². The fourth-order valence-electron chi connectivity index (χ4n) is 2.10. The minimum atomic E-state index is -0.601. The molecule has 0 aliphatic heterocycles. The summed E-state index contributed by atoms with van der Waals surface area (Å²) in [5.41, 5.74) is 0.868. The van der Waals surface area contributed by atoms with Gasteiger partial charge in [-0.25, -0.2) is 4.79 Å². The zero-order valence-corrected chi connectivity index (χ0v) is 13.7. The molecule has 0 aliphatic rings. The molecule has 0 aliphatic carbocycles. The van der Waals surface area contributed by atoms with Crippen molar-refractivity contribution in [1.29, 1.82) is 0 Å². The zero-order valence-electron chi connectivity index (χ0n) is 13.7. The molecule has 0 saturated carbocycles. The Hall–Kier alpha value is -1.55. The monoisotopic (exact) mass is 308 g/mol. The van der Waals surface area contributed by atoms with Crippen LogP contribution in [0.5, 0.6) is 5.75 Å². The van der Waals surface area contributed by atoms with Crippen LogP contribution < -0.4 is 0 Å². The third-order valence-corrected chi connectivity index (χ3v) is 3.40. The van der Waals surface area contributed by atoms with Gasteiger partial charge in [-0.05, 0) is 30.5 Å². The van der Waals surface area contributed by atoms with Gasteiger partial charge in [0.2, 0.25) is 0 Å². The first-order valence-electron chi connectivity index (χ1n) is 8.23. The number of hydrogen-bond acceptors (Lipinski definition) is 4. The van der Waals surface area contributed by atoms with Crippen molar-refractivity contribution in [2.75, 3.05) is 13.2 Å². The van der Waals surface area contributed by atoms with Gasteiger partial charge in [0.15, 0.2) is 6.10 Å². The number of benzene rings is 1. The Labute approximate surface area is 133 Å². The highest BCUT2D eigenvalue weighted by atomic mass is 16.6. The van der Waals surface area contributed by atoms with Gasteiger partial charge in [-0.1, -0.05) is 45.2 Å². The number of unbranched alkanes of at least 4 members (excludes halogenated alkanes) is 3. The van der Waals surface area contributed by atoms with E-state index in [4.69, 9.17) is 9.47 Å². The quantitative estimate of drug-likeness (QED) is 0.498. The van der Waals surface area contributed by atoms with Gasteiger partial charge in [-0.2, -0.15) is 0 Å². The highest BCUT2D eigenvalue weighted by molar-refractivity contribution is 5.75. The normalized spacial score (nSPS) is 12.1. The summed E-state index contributed by atoms with van der Waals surface area (Å²) in [7, 11) is 0. The van der Waals surface area contributed by atoms with E-state index in [9.17, 15) is 9.90 Å². The maximum Gasteiger partial charge on any atom is 0.335 e. The van der Waals surface area contributed by atoms with E-state index in [1.54, 1.807) is 18.2 Å². The molecule has 4 nitrogen and oxygen atoms in total. The summed E-state index contributed by atoms with van der Waals surface area (Å²) in [5, 5.41) is 9.53. The van der Waals surface area contributed by atoms with Gasteiger partial charge < -0.3 is 14.6 Å². The number of ether oxygens (including phenoxy) is 2. The number of hydrogen-bond donors (Lipinski definition) is 1. The molecule has 22 heavy (non-hydrogen) atoms. The van der Waals surface area contributed by atoms with Gasteiger partial charge in [0.25, 0.3) is 0 Å². The van der Waals surface area contributed by atoms with Gasteiger partial charge in [0.1, 0.15) is 5.75 Å². The summed E-state index contributed by atoms with van der Waals surface area (Å²) in [6.45, 7) is 5.17. The molecule has 0 heterocycles. The molecule has 0 bridgehead atoms. The Balaban J connectivity index is 2.57. The molecule has 124 valence electrons. The average molecular weight is 308 g/mol. The second-order valence-electron chi connectivity index (χ2n) is 5.46. The van der Waals surface area contributed by atoms with Gasteiger partial charge in [-0.15, -0.1) is 0 Å². The molecule has 0 aromatic heterocycles. The van der Waals surface area contributed by atoms with E-state index in [1.165, 1.54) is 0 Å². The first-order chi connectivity index (χ1) is 10.7. The zero-order chi connectivity index (χ0) is 16.2. The lowest BCUT2D eigenvalue weighted by Crippen LogP contribution is -2.29. The van der Waals surface area contributed by atoms with Crippen LogP contribution in [0.25, 0.3) is 0 Å². The van der Waals surface area contributed by atoms with E-state index in [-0.39, 0.29) is 11.7 Å². The van der Waals surface area contributed by atoms with E-state index in [0.717, 1.165) is 37.7 Å². The topological polar surface area (TPSA) is 55.8 Å². The highest BCUT2D eigenvalue weighted by Crippen LogP contribution is 2.15. The number of aromatic hydroxyl groups is 1. The Morgan fingerprint density at radius 1 is 1.14 bits per heavy atom. The van der Waals surface area contributed by atoms with Gasteiger partial charge in [-0.3, -0.25) is 0 Å². The van der Waals surface area contributed by atoms with Crippen LogP contribution in [-0.4, -0.2) is 30.4 Å². The Kier molecular flexibility index (Phi) is 9.31. The maximum absolute atomic E-state index is 12.2. The van der Waals surface area contributed by atoms with Crippen molar-refractivity contribution in [2.24, 2.45) is 0 Å². The molecule has 1 aromatic rings. The lowest BCUT2D eigenvalue weighted by atomic mass is 10.1. The molecule has 1 unspecified atom stereocenters. The summed E-state index contributed by atoms with van der Waals surface area (Å²) < 4.78 is 11.0. The van der Waals surface area contributed by atoms with Gasteiger partial charge >= 0.3 is 5.97 Å². The average Bonchev–Trinajstić information content (AvgIpc) is 2.50. The fraction of sp³-hybridized carbons (Fsp3) is 0.611. The van der Waals surface area contributed by atoms with Crippen LogP contribution in [0, 0.1) is 0 Å². The molecule has 1 aromatic carbocycles. The number of carbonyl (C=O) groups is 1. The first kappa shape index (κ1) is 18.5. The van der Waals surface area contributed by atoms with Crippen molar-refractivity contribution < 1.29 is 19.4 Å². The van der Waals surface area contributed by atoms with Crippen molar-refractivity contribution in [3.8, 4) is 5.75 Å². The number of rotatable bonds is 11. The second-order valence-corrected chi connectivity index (χ2v) is 5.46. The molecule has 1 atom stereocenters. The molecular formula is C18H28O4. The smallest absolute Gasteiger partial charge is 0.335 e. The molecule has 1 rings (SSSR count). The highest BCUT2D eigenvalue weighted by Gasteiger charge is 2.21. The third kappa shape index (κ3) is 7.46. The third-order valence-electron chi connectivity index (χ3n) is 3.40. The SMILES string of the molecule is CCCCCOC(Cc1cccc(O)c1)C(=O)OCCCC. The molecule has 0 radical (unpaired) electrons. The first-order valence-corrected chi connectivity index (χ1v) is 8.23. The maximum atomic E-state index is 12.2. The number of carbonyl (C=O) groups excluding carboxylic acids is 1. The van der Waals surface area contributed by atoms with E-state index < -0.39 is 6.10 Å². The van der Waals surface area contributed by atoms with Crippen molar-refractivity contribution in [1.82, 2.24) is 0 Å². The number of phenolic OH excluding ortho intramolecular Hbond substituents is 1. The number of phenols is 1. The number of esters is 1. The fourth-order valence-corrected chi connectivity index (χ4v) is 2.10. The lowest BCUT2D eigenvalue weighted by Gasteiger charge is -2.17. The van der Waals surface area contributed by atoms with Crippen LogP contribution in [-0.2, 0) is 20.7 Å². The van der Waals surface area contributed by atoms with E-state index in [1.807, 2.05) is 6.07 Å². The molecular weight excluding hydrogens is 280 g/mol. The molecule has 0 spiro atoms. The van der Waals surface area contributed by atoms with Crippen LogP contribution in [0.1, 0.15) is 51.5 Å². The molecule has 0 amide bonds. The van der Waals surface area contributed by atoms with Crippen molar-refractivity contribution >= 4 is 5.97 Å². The molecule has 0 saturated heterocycles. The summed E-state index contributed by atoms with van der Waals surface area (Å²) in [5.74, 6) is -0.116. The Morgan fingerprint density at radius 3 is 2.59 bits per heavy atom. The van der Waals surface area contributed by atoms with Crippen LogP contribution in [0.4, 0.5) is 0 Å². The minimum absolute atomic E-state index is 0.196. The minimum Gasteiger partial charge on any atom is -0.508 e. The predicted molar refractivity (Wildman–Crippen MR) is 86.9 cm³/mol. The Bertz CT molecular complexity index is 431. The largest absolute Gasteiger partial charge is 0.508 e. The van der Waals surface area contributed by atoms with E-state index in [2.05, 4.69) is 13.8 Å². The summed E-state index contributed by atoms with van der Waals surface area (Å²) >= 11 is 0. The van der Waals surface area contributed by atoms with Gasteiger partial charge in [0, 0.05) is 13.0 Å².